The number of aliphatic carboxylic acids is 1. The Hall–Kier alpha value is -1.79. The SMILES string of the molecule is CCC(C(=O)O)N(C)C(=O)N1CCC(C(=O)OC)CC1. The molecule has 0 saturated carbocycles. The average molecular weight is 286 g/mol. The Morgan fingerprint density at radius 1 is 1.35 bits per heavy atom. The van der Waals surface area contributed by atoms with Crippen molar-refractivity contribution in [2.45, 2.75) is 32.2 Å². The van der Waals surface area contributed by atoms with Crippen molar-refractivity contribution >= 4 is 18.0 Å². The largest absolute Gasteiger partial charge is 0.480 e. The van der Waals surface area contributed by atoms with Crippen molar-refractivity contribution in [1.29, 1.82) is 0 Å². The number of carboxylic acid groups (broad SMARTS) is 1. The third kappa shape index (κ3) is 3.61. The lowest BCUT2D eigenvalue weighted by Gasteiger charge is -2.35. The van der Waals surface area contributed by atoms with Crippen LogP contribution in [0.25, 0.3) is 0 Å². The lowest BCUT2D eigenvalue weighted by Crippen LogP contribution is -2.51. The number of ether oxygens (including phenoxy) is 1. The maximum atomic E-state index is 12.2. The molecule has 1 rings (SSSR count). The van der Waals surface area contributed by atoms with Crippen LogP contribution in [0.3, 0.4) is 0 Å². The molecule has 114 valence electrons. The number of piperidine rings is 1. The number of methoxy groups -OCH3 is 1. The topological polar surface area (TPSA) is 87.2 Å². The summed E-state index contributed by atoms with van der Waals surface area (Å²) in [5, 5.41) is 9.06. The van der Waals surface area contributed by atoms with Gasteiger partial charge in [0.1, 0.15) is 6.04 Å². The normalized spacial score (nSPS) is 17.4. The highest BCUT2D eigenvalue weighted by Gasteiger charge is 2.32. The number of esters is 1. The van der Waals surface area contributed by atoms with Crippen LogP contribution in [-0.2, 0) is 14.3 Å². The van der Waals surface area contributed by atoms with Gasteiger partial charge in [-0.2, -0.15) is 0 Å². The van der Waals surface area contributed by atoms with Gasteiger partial charge in [-0.05, 0) is 19.3 Å². The fourth-order valence-corrected chi connectivity index (χ4v) is 2.44. The molecule has 1 atom stereocenters. The predicted octanol–water partition coefficient (Wildman–Crippen LogP) is 0.786. The van der Waals surface area contributed by atoms with Crippen LogP contribution in [0.15, 0.2) is 0 Å². The molecule has 0 aliphatic carbocycles. The summed E-state index contributed by atoms with van der Waals surface area (Å²) in [4.78, 5) is 37.5. The van der Waals surface area contributed by atoms with E-state index in [0.717, 1.165) is 0 Å². The summed E-state index contributed by atoms with van der Waals surface area (Å²) in [5.74, 6) is -1.42. The molecule has 2 amide bonds. The second-order valence-electron chi connectivity index (χ2n) is 4.94. The number of amides is 2. The van der Waals surface area contributed by atoms with Crippen LogP contribution in [-0.4, -0.2) is 66.2 Å². The van der Waals surface area contributed by atoms with E-state index in [0.29, 0.717) is 32.4 Å². The Morgan fingerprint density at radius 3 is 2.30 bits per heavy atom. The lowest BCUT2D eigenvalue weighted by atomic mass is 9.97. The van der Waals surface area contributed by atoms with Crippen LogP contribution < -0.4 is 0 Å². The minimum atomic E-state index is -1.01. The van der Waals surface area contributed by atoms with Gasteiger partial charge in [0.15, 0.2) is 0 Å². The van der Waals surface area contributed by atoms with E-state index in [-0.39, 0.29) is 17.9 Å². The Labute approximate surface area is 118 Å². The molecular weight excluding hydrogens is 264 g/mol. The van der Waals surface area contributed by atoms with Gasteiger partial charge in [0.25, 0.3) is 0 Å². The summed E-state index contributed by atoms with van der Waals surface area (Å²) < 4.78 is 4.69. The molecule has 7 nitrogen and oxygen atoms in total. The fraction of sp³-hybridized carbons (Fsp3) is 0.769. The first-order chi connectivity index (χ1) is 9.42. The van der Waals surface area contributed by atoms with E-state index in [2.05, 4.69) is 4.74 Å². The van der Waals surface area contributed by atoms with Crippen molar-refractivity contribution in [3.8, 4) is 0 Å². The first kappa shape index (κ1) is 16.3. The van der Waals surface area contributed by atoms with E-state index < -0.39 is 12.0 Å². The van der Waals surface area contributed by atoms with Gasteiger partial charge in [-0.15, -0.1) is 0 Å². The summed E-state index contributed by atoms with van der Waals surface area (Å²) in [6, 6.07) is -1.12. The molecular formula is C13H22N2O5. The molecule has 1 unspecified atom stereocenters. The molecule has 0 aromatic carbocycles. The summed E-state index contributed by atoms with van der Waals surface area (Å²) in [6.07, 6.45) is 1.46. The molecule has 0 bridgehead atoms. The number of likely N-dealkylation sites (tertiary alicyclic amines) is 1. The summed E-state index contributed by atoms with van der Waals surface area (Å²) >= 11 is 0. The number of hydrogen-bond acceptors (Lipinski definition) is 4. The van der Waals surface area contributed by atoms with Crippen LogP contribution in [0.2, 0.25) is 0 Å². The third-order valence-electron chi connectivity index (χ3n) is 3.74. The van der Waals surface area contributed by atoms with Crippen LogP contribution in [0.1, 0.15) is 26.2 Å². The highest BCUT2D eigenvalue weighted by Crippen LogP contribution is 2.20. The van der Waals surface area contributed by atoms with Gasteiger partial charge in [0.05, 0.1) is 13.0 Å². The number of nitrogens with zero attached hydrogens (tertiary/aromatic N) is 2. The quantitative estimate of drug-likeness (QED) is 0.772. The molecule has 1 N–H and O–H groups in total. The standard InChI is InChI=1S/C13H22N2O5/c1-4-10(11(16)17)14(2)13(19)15-7-5-9(6-8-15)12(18)20-3/h9-10H,4-8H2,1-3H3,(H,16,17). The van der Waals surface area contributed by atoms with Gasteiger partial charge in [0, 0.05) is 20.1 Å². The van der Waals surface area contributed by atoms with E-state index >= 15 is 0 Å². The Bertz CT molecular complexity index is 377. The zero-order chi connectivity index (χ0) is 15.3. The Kier molecular flexibility index (Phi) is 5.79. The highest BCUT2D eigenvalue weighted by molar-refractivity contribution is 5.82. The predicted molar refractivity (Wildman–Crippen MR) is 71.2 cm³/mol. The number of carboxylic acids is 1. The van der Waals surface area contributed by atoms with Crippen molar-refractivity contribution in [1.82, 2.24) is 9.80 Å². The Morgan fingerprint density at radius 2 is 1.90 bits per heavy atom. The van der Waals surface area contributed by atoms with Crippen LogP contribution >= 0.6 is 0 Å². The van der Waals surface area contributed by atoms with Crippen molar-refractivity contribution in [3.05, 3.63) is 0 Å². The third-order valence-corrected chi connectivity index (χ3v) is 3.74. The molecule has 0 radical (unpaired) electrons. The summed E-state index contributed by atoms with van der Waals surface area (Å²) in [6.45, 7) is 2.62. The van der Waals surface area contributed by atoms with Crippen molar-refractivity contribution in [2.24, 2.45) is 5.92 Å². The zero-order valence-corrected chi connectivity index (χ0v) is 12.2. The number of hydrogen-bond donors (Lipinski definition) is 1. The molecule has 1 saturated heterocycles. The summed E-state index contributed by atoms with van der Waals surface area (Å²) in [5.41, 5.74) is 0. The molecule has 0 aromatic rings. The van der Waals surface area contributed by atoms with Crippen LogP contribution in [0.5, 0.6) is 0 Å². The second-order valence-corrected chi connectivity index (χ2v) is 4.94. The number of urea groups is 1. The lowest BCUT2D eigenvalue weighted by molar-refractivity contribution is -0.146. The number of rotatable bonds is 4. The molecule has 1 heterocycles. The Balaban J connectivity index is 2.58. The second kappa shape index (κ2) is 7.12. The maximum absolute atomic E-state index is 12.2. The van der Waals surface area contributed by atoms with Crippen molar-refractivity contribution in [2.75, 3.05) is 27.2 Å². The number of likely N-dealkylation sites (N-methyl/N-ethyl adjacent to an activating group) is 1. The van der Waals surface area contributed by atoms with Gasteiger partial charge >= 0.3 is 18.0 Å². The fourth-order valence-electron chi connectivity index (χ4n) is 2.44. The molecule has 7 heteroatoms. The molecule has 1 aliphatic rings. The van der Waals surface area contributed by atoms with E-state index in [1.54, 1.807) is 11.8 Å². The molecule has 1 fully saturated rings. The van der Waals surface area contributed by atoms with Gasteiger partial charge in [-0.1, -0.05) is 6.92 Å². The minimum Gasteiger partial charge on any atom is -0.480 e. The van der Waals surface area contributed by atoms with E-state index in [9.17, 15) is 14.4 Å². The van der Waals surface area contributed by atoms with Gasteiger partial charge in [-0.25, -0.2) is 9.59 Å². The minimum absolute atomic E-state index is 0.171. The van der Waals surface area contributed by atoms with Crippen molar-refractivity contribution < 1.29 is 24.2 Å². The molecule has 20 heavy (non-hydrogen) atoms. The van der Waals surface area contributed by atoms with E-state index in [4.69, 9.17) is 5.11 Å². The van der Waals surface area contributed by atoms with Crippen molar-refractivity contribution in [3.63, 3.8) is 0 Å². The number of carbonyl (C=O) groups is 3. The first-order valence-electron chi connectivity index (χ1n) is 6.74. The average Bonchev–Trinajstić information content (AvgIpc) is 2.46. The first-order valence-corrected chi connectivity index (χ1v) is 6.74. The van der Waals surface area contributed by atoms with Gasteiger partial charge in [-0.3, -0.25) is 4.79 Å². The van der Waals surface area contributed by atoms with Crippen LogP contribution in [0.4, 0.5) is 4.79 Å². The molecule has 0 aromatic heterocycles. The van der Waals surface area contributed by atoms with Gasteiger partial charge < -0.3 is 19.6 Å². The van der Waals surface area contributed by atoms with Gasteiger partial charge in [0.2, 0.25) is 0 Å². The van der Waals surface area contributed by atoms with E-state index in [1.165, 1.54) is 19.1 Å². The summed E-state index contributed by atoms with van der Waals surface area (Å²) in [7, 11) is 2.85. The highest BCUT2D eigenvalue weighted by atomic mass is 16.5. The molecule has 1 aliphatic heterocycles. The monoisotopic (exact) mass is 286 g/mol. The zero-order valence-electron chi connectivity index (χ0n) is 12.2. The number of carbonyl (C=O) groups excluding carboxylic acids is 2. The molecule has 0 spiro atoms. The smallest absolute Gasteiger partial charge is 0.326 e. The van der Waals surface area contributed by atoms with Crippen LogP contribution in [0, 0.1) is 5.92 Å². The maximum Gasteiger partial charge on any atom is 0.326 e. The van der Waals surface area contributed by atoms with E-state index in [1.807, 2.05) is 0 Å².